The first-order chi connectivity index (χ1) is 18.0. The number of benzene rings is 3. The van der Waals surface area contributed by atoms with Gasteiger partial charge in [-0.1, -0.05) is 43.0 Å². The average molecular weight is 502 g/mol. The molecule has 3 aromatic carbocycles. The van der Waals surface area contributed by atoms with E-state index in [1.807, 2.05) is 60.7 Å². The van der Waals surface area contributed by atoms with Gasteiger partial charge in [-0.05, 0) is 59.2 Å². The minimum atomic E-state index is -0.281. The van der Waals surface area contributed by atoms with Gasteiger partial charge in [0.15, 0.2) is 11.5 Å². The zero-order valence-electron chi connectivity index (χ0n) is 21.4. The van der Waals surface area contributed by atoms with Crippen molar-refractivity contribution >= 4 is 29.8 Å². The Morgan fingerprint density at radius 3 is 2.08 bits per heavy atom. The predicted molar refractivity (Wildman–Crippen MR) is 148 cm³/mol. The van der Waals surface area contributed by atoms with Crippen LogP contribution in [0.4, 0.5) is 5.69 Å². The van der Waals surface area contributed by atoms with Gasteiger partial charge in [0, 0.05) is 6.08 Å². The van der Waals surface area contributed by atoms with Crippen LogP contribution in [0.2, 0.25) is 0 Å². The van der Waals surface area contributed by atoms with Gasteiger partial charge >= 0.3 is 0 Å². The lowest BCUT2D eigenvalue weighted by Gasteiger charge is -2.13. The molecule has 0 saturated carbocycles. The number of nitrogens with one attached hydrogen (secondary N) is 1. The monoisotopic (exact) mass is 501 g/mol. The second-order valence-corrected chi connectivity index (χ2v) is 7.75. The Morgan fingerprint density at radius 1 is 0.784 bits per heavy atom. The van der Waals surface area contributed by atoms with Crippen LogP contribution in [0.15, 0.2) is 73.3 Å². The van der Waals surface area contributed by atoms with Crippen molar-refractivity contribution in [2.24, 2.45) is 0 Å². The fourth-order valence-corrected chi connectivity index (χ4v) is 3.51. The summed E-state index contributed by atoms with van der Waals surface area (Å²) in [6, 6.07) is 16.7. The number of carbonyl (C=O) groups excluding carboxylic acids is 1. The number of anilines is 1. The molecule has 0 aliphatic rings. The van der Waals surface area contributed by atoms with Crippen LogP contribution >= 0.6 is 0 Å². The number of carbonyl (C=O) groups is 1. The number of hydrogen-bond acceptors (Lipinski definition) is 6. The largest absolute Gasteiger partial charge is 0.495 e. The second kappa shape index (κ2) is 13.4. The molecule has 0 saturated heterocycles. The molecule has 0 aliphatic heterocycles. The number of hydrogen-bond donors (Lipinski definition) is 1. The van der Waals surface area contributed by atoms with Crippen molar-refractivity contribution in [3.63, 3.8) is 0 Å². The Hall–Kier alpha value is -4.65. The van der Waals surface area contributed by atoms with E-state index in [1.54, 1.807) is 46.7 Å². The maximum atomic E-state index is 12.5. The van der Waals surface area contributed by atoms with Crippen LogP contribution in [-0.2, 0) is 4.79 Å². The molecule has 3 rings (SSSR count). The summed E-state index contributed by atoms with van der Waals surface area (Å²) in [6.45, 7) is 4.06. The Morgan fingerprint density at radius 2 is 1.43 bits per heavy atom. The molecular formula is C30H31NO6. The van der Waals surface area contributed by atoms with E-state index in [1.165, 1.54) is 6.08 Å². The molecule has 0 bridgehead atoms. The molecule has 0 aliphatic carbocycles. The number of rotatable bonds is 12. The van der Waals surface area contributed by atoms with Gasteiger partial charge in [0.2, 0.25) is 11.7 Å². The van der Waals surface area contributed by atoms with Crippen molar-refractivity contribution in [1.82, 2.24) is 0 Å². The van der Waals surface area contributed by atoms with Gasteiger partial charge in [-0.15, -0.1) is 0 Å². The standard InChI is InChI=1S/C30H31NO6/c1-6-16-37-24-9-7-8-21(17-24)13-15-29(32)31-25-14-12-22(18-26(25)33-2)10-11-23-19-27(34-3)30(36-5)28(20-23)35-4/h6-15,17-20H,1,16H2,2-5H3,(H,31,32)/b11-10?,15-13+. The molecule has 1 amide bonds. The van der Waals surface area contributed by atoms with Crippen LogP contribution in [0.1, 0.15) is 16.7 Å². The summed E-state index contributed by atoms with van der Waals surface area (Å²) in [7, 11) is 6.28. The van der Waals surface area contributed by atoms with E-state index in [9.17, 15) is 4.79 Å². The summed E-state index contributed by atoms with van der Waals surface area (Å²) in [5.74, 6) is 2.64. The topological polar surface area (TPSA) is 75.3 Å². The van der Waals surface area contributed by atoms with E-state index in [0.717, 1.165) is 16.7 Å². The molecular weight excluding hydrogens is 470 g/mol. The molecule has 3 aromatic rings. The molecule has 7 nitrogen and oxygen atoms in total. The highest BCUT2D eigenvalue weighted by Crippen LogP contribution is 2.38. The van der Waals surface area contributed by atoms with Gasteiger partial charge in [0.1, 0.15) is 18.1 Å². The molecule has 0 unspecified atom stereocenters. The fraction of sp³-hybridized carbons (Fsp3) is 0.167. The average Bonchev–Trinajstić information content (AvgIpc) is 2.93. The fourth-order valence-electron chi connectivity index (χ4n) is 3.51. The number of amides is 1. The predicted octanol–water partition coefficient (Wildman–Crippen LogP) is 6.11. The summed E-state index contributed by atoms with van der Waals surface area (Å²) in [5.41, 5.74) is 3.16. The minimum Gasteiger partial charge on any atom is -0.495 e. The van der Waals surface area contributed by atoms with Gasteiger partial charge in [-0.2, -0.15) is 0 Å². The van der Waals surface area contributed by atoms with Crippen LogP contribution in [-0.4, -0.2) is 41.0 Å². The van der Waals surface area contributed by atoms with Gasteiger partial charge in [-0.25, -0.2) is 0 Å². The van der Waals surface area contributed by atoms with E-state index in [4.69, 9.17) is 23.7 Å². The van der Waals surface area contributed by atoms with Gasteiger partial charge in [0.25, 0.3) is 0 Å². The molecule has 0 fully saturated rings. The first kappa shape index (κ1) is 26.9. The van der Waals surface area contributed by atoms with Gasteiger partial charge in [0.05, 0.1) is 34.1 Å². The molecule has 7 heteroatoms. The quantitative estimate of drug-likeness (QED) is 0.183. The van der Waals surface area contributed by atoms with E-state index >= 15 is 0 Å². The highest BCUT2D eigenvalue weighted by atomic mass is 16.5. The van der Waals surface area contributed by atoms with E-state index in [0.29, 0.717) is 41.0 Å². The third-order valence-corrected chi connectivity index (χ3v) is 5.29. The number of methoxy groups -OCH3 is 4. The zero-order valence-corrected chi connectivity index (χ0v) is 21.4. The normalized spacial score (nSPS) is 10.8. The molecule has 0 heterocycles. The Kier molecular flexibility index (Phi) is 9.79. The van der Waals surface area contributed by atoms with Crippen LogP contribution in [0.25, 0.3) is 18.2 Å². The third-order valence-electron chi connectivity index (χ3n) is 5.29. The van der Waals surface area contributed by atoms with Crippen molar-refractivity contribution < 1.29 is 28.5 Å². The Labute approximate surface area is 217 Å². The van der Waals surface area contributed by atoms with Crippen LogP contribution in [0.5, 0.6) is 28.7 Å². The molecule has 1 N–H and O–H groups in total. The van der Waals surface area contributed by atoms with Gasteiger partial charge < -0.3 is 29.0 Å². The van der Waals surface area contributed by atoms with Crippen LogP contribution in [0.3, 0.4) is 0 Å². The van der Waals surface area contributed by atoms with Crippen molar-refractivity contribution in [1.29, 1.82) is 0 Å². The molecule has 0 radical (unpaired) electrons. The van der Waals surface area contributed by atoms with Crippen molar-refractivity contribution in [2.45, 2.75) is 0 Å². The highest BCUT2D eigenvalue weighted by Gasteiger charge is 2.12. The zero-order chi connectivity index (χ0) is 26.6. The Bertz CT molecular complexity index is 1270. The van der Waals surface area contributed by atoms with Crippen molar-refractivity contribution in [2.75, 3.05) is 40.4 Å². The van der Waals surface area contributed by atoms with E-state index in [2.05, 4.69) is 11.9 Å². The molecule has 0 atom stereocenters. The first-order valence-corrected chi connectivity index (χ1v) is 11.5. The lowest BCUT2D eigenvalue weighted by Crippen LogP contribution is -2.09. The smallest absolute Gasteiger partial charge is 0.248 e. The molecule has 0 spiro atoms. The summed E-state index contributed by atoms with van der Waals surface area (Å²) in [5, 5.41) is 2.86. The maximum absolute atomic E-state index is 12.5. The SMILES string of the molecule is C=CCOc1cccc(/C=C/C(=O)Nc2ccc(C=Cc3cc(OC)c(OC)c(OC)c3)cc2OC)c1. The lowest BCUT2D eigenvalue weighted by molar-refractivity contribution is -0.111. The molecule has 192 valence electrons. The molecule has 37 heavy (non-hydrogen) atoms. The summed E-state index contributed by atoms with van der Waals surface area (Å²) >= 11 is 0. The number of ether oxygens (including phenoxy) is 5. The van der Waals surface area contributed by atoms with Gasteiger partial charge in [-0.3, -0.25) is 4.79 Å². The summed E-state index contributed by atoms with van der Waals surface area (Å²) in [6.07, 6.45) is 8.71. The highest BCUT2D eigenvalue weighted by molar-refractivity contribution is 6.03. The molecule has 0 aromatic heterocycles. The summed E-state index contributed by atoms with van der Waals surface area (Å²) < 4.78 is 27.2. The Balaban J connectivity index is 1.72. The minimum absolute atomic E-state index is 0.281. The van der Waals surface area contributed by atoms with E-state index in [-0.39, 0.29) is 5.91 Å². The van der Waals surface area contributed by atoms with Crippen LogP contribution in [0, 0.1) is 0 Å². The third kappa shape index (κ3) is 7.41. The summed E-state index contributed by atoms with van der Waals surface area (Å²) in [4.78, 5) is 12.5. The van der Waals surface area contributed by atoms with E-state index < -0.39 is 0 Å². The van der Waals surface area contributed by atoms with Crippen molar-refractivity contribution in [3.8, 4) is 28.7 Å². The van der Waals surface area contributed by atoms with Crippen molar-refractivity contribution in [3.05, 3.63) is 90.0 Å². The van der Waals surface area contributed by atoms with Crippen LogP contribution < -0.4 is 29.0 Å². The second-order valence-electron chi connectivity index (χ2n) is 7.75. The lowest BCUT2D eigenvalue weighted by atomic mass is 10.1. The first-order valence-electron chi connectivity index (χ1n) is 11.5. The maximum Gasteiger partial charge on any atom is 0.248 e.